The Bertz CT molecular complexity index is 397. The van der Waals surface area contributed by atoms with Crippen LogP contribution in [0.15, 0.2) is 0 Å². The van der Waals surface area contributed by atoms with E-state index in [1.54, 1.807) is 4.31 Å². The highest BCUT2D eigenvalue weighted by Crippen LogP contribution is 2.24. The summed E-state index contributed by atoms with van der Waals surface area (Å²) in [5.74, 6) is 1.15. The standard InChI is InChI=1S/C15H31N3O2S/c1-13(2)16-11-15-7-9-18(10-8-15)21(19,20)17-12-14-5-3-4-6-14/h13-17H,3-12H2,1-2H3. The Morgan fingerprint density at radius 3 is 2.14 bits per heavy atom. The number of nitrogens with zero attached hydrogens (tertiary/aromatic N) is 1. The minimum Gasteiger partial charge on any atom is -0.314 e. The molecule has 2 rings (SSSR count). The summed E-state index contributed by atoms with van der Waals surface area (Å²) in [5, 5.41) is 3.45. The van der Waals surface area contributed by atoms with Gasteiger partial charge in [0.25, 0.3) is 10.2 Å². The Morgan fingerprint density at radius 2 is 1.57 bits per heavy atom. The number of nitrogens with one attached hydrogen (secondary N) is 2. The zero-order valence-corrected chi connectivity index (χ0v) is 14.3. The molecular weight excluding hydrogens is 286 g/mol. The smallest absolute Gasteiger partial charge is 0.279 e. The number of piperidine rings is 1. The van der Waals surface area contributed by atoms with Crippen LogP contribution in [0.3, 0.4) is 0 Å². The Balaban J connectivity index is 1.72. The summed E-state index contributed by atoms with van der Waals surface area (Å²) in [6.07, 6.45) is 6.77. The largest absolute Gasteiger partial charge is 0.314 e. The highest BCUT2D eigenvalue weighted by atomic mass is 32.2. The lowest BCUT2D eigenvalue weighted by atomic mass is 9.98. The molecule has 2 aliphatic rings. The summed E-state index contributed by atoms with van der Waals surface area (Å²) in [5.41, 5.74) is 0. The van der Waals surface area contributed by atoms with E-state index in [9.17, 15) is 8.42 Å². The van der Waals surface area contributed by atoms with Crippen LogP contribution >= 0.6 is 0 Å². The van der Waals surface area contributed by atoms with Crippen LogP contribution in [0.4, 0.5) is 0 Å². The molecule has 0 unspecified atom stereocenters. The van der Waals surface area contributed by atoms with Crippen molar-refractivity contribution in [2.75, 3.05) is 26.2 Å². The summed E-state index contributed by atoms with van der Waals surface area (Å²) in [6.45, 7) is 7.23. The van der Waals surface area contributed by atoms with Crippen LogP contribution in [0.25, 0.3) is 0 Å². The predicted octanol–water partition coefficient (Wildman–Crippen LogP) is 1.72. The molecule has 0 radical (unpaired) electrons. The van der Waals surface area contributed by atoms with E-state index in [0.717, 1.165) is 19.4 Å². The zero-order chi connectivity index (χ0) is 15.3. The first kappa shape index (κ1) is 17.2. The Morgan fingerprint density at radius 1 is 1.00 bits per heavy atom. The molecule has 0 atom stereocenters. The van der Waals surface area contributed by atoms with E-state index < -0.39 is 10.2 Å². The van der Waals surface area contributed by atoms with Crippen molar-refractivity contribution in [2.45, 2.75) is 58.4 Å². The van der Waals surface area contributed by atoms with Gasteiger partial charge in [-0.25, -0.2) is 4.72 Å². The van der Waals surface area contributed by atoms with Crippen molar-refractivity contribution in [2.24, 2.45) is 11.8 Å². The maximum absolute atomic E-state index is 12.3. The molecule has 0 bridgehead atoms. The second kappa shape index (κ2) is 7.90. The van der Waals surface area contributed by atoms with Gasteiger partial charge in [-0.2, -0.15) is 12.7 Å². The van der Waals surface area contributed by atoms with E-state index in [0.29, 0.717) is 37.5 Å². The van der Waals surface area contributed by atoms with Crippen molar-refractivity contribution < 1.29 is 8.42 Å². The Hall–Kier alpha value is -0.170. The fourth-order valence-corrected chi connectivity index (χ4v) is 4.61. The highest BCUT2D eigenvalue weighted by Gasteiger charge is 2.28. The van der Waals surface area contributed by atoms with Crippen molar-refractivity contribution in [1.82, 2.24) is 14.3 Å². The molecule has 0 amide bonds. The van der Waals surface area contributed by atoms with Crippen molar-refractivity contribution in [3.8, 4) is 0 Å². The van der Waals surface area contributed by atoms with Gasteiger partial charge >= 0.3 is 0 Å². The zero-order valence-electron chi connectivity index (χ0n) is 13.5. The van der Waals surface area contributed by atoms with Gasteiger partial charge in [0.15, 0.2) is 0 Å². The maximum Gasteiger partial charge on any atom is 0.279 e. The van der Waals surface area contributed by atoms with E-state index >= 15 is 0 Å². The quantitative estimate of drug-likeness (QED) is 0.751. The molecule has 5 nitrogen and oxygen atoms in total. The summed E-state index contributed by atoms with van der Waals surface area (Å²) >= 11 is 0. The van der Waals surface area contributed by atoms with Crippen LogP contribution in [0.5, 0.6) is 0 Å². The SMILES string of the molecule is CC(C)NCC1CCN(S(=O)(=O)NCC2CCCC2)CC1. The molecule has 1 aliphatic heterocycles. The summed E-state index contributed by atoms with van der Waals surface area (Å²) in [6, 6.07) is 0.500. The molecule has 1 heterocycles. The van der Waals surface area contributed by atoms with Gasteiger partial charge in [-0.15, -0.1) is 0 Å². The van der Waals surface area contributed by atoms with E-state index in [-0.39, 0.29) is 0 Å². The topological polar surface area (TPSA) is 61.4 Å². The number of hydrogen-bond acceptors (Lipinski definition) is 3. The molecular formula is C15H31N3O2S. The van der Waals surface area contributed by atoms with Crippen molar-refractivity contribution >= 4 is 10.2 Å². The van der Waals surface area contributed by atoms with Gasteiger partial charge in [0.2, 0.25) is 0 Å². The molecule has 124 valence electrons. The Kier molecular flexibility index (Phi) is 6.47. The number of hydrogen-bond donors (Lipinski definition) is 2. The lowest BCUT2D eigenvalue weighted by molar-refractivity contribution is 0.261. The van der Waals surface area contributed by atoms with Gasteiger partial charge in [-0.1, -0.05) is 26.7 Å². The normalized spacial score (nSPS) is 23.2. The van der Waals surface area contributed by atoms with Gasteiger partial charge in [0, 0.05) is 25.7 Å². The van der Waals surface area contributed by atoms with Gasteiger partial charge in [-0.3, -0.25) is 0 Å². The van der Waals surface area contributed by atoms with E-state index in [4.69, 9.17) is 0 Å². The molecule has 2 N–H and O–H groups in total. The first-order chi connectivity index (χ1) is 9.97. The molecule has 0 aromatic carbocycles. The lowest BCUT2D eigenvalue weighted by Crippen LogP contribution is -2.47. The molecule has 1 saturated heterocycles. The van der Waals surface area contributed by atoms with Crippen molar-refractivity contribution in [3.05, 3.63) is 0 Å². The summed E-state index contributed by atoms with van der Waals surface area (Å²) in [4.78, 5) is 0. The predicted molar refractivity (Wildman–Crippen MR) is 86.3 cm³/mol. The third-order valence-electron chi connectivity index (χ3n) is 4.76. The third-order valence-corrected chi connectivity index (χ3v) is 6.33. The molecule has 0 aromatic rings. The minimum atomic E-state index is -3.26. The highest BCUT2D eigenvalue weighted by molar-refractivity contribution is 7.87. The van der Waals surface area contributed by atoms with Crippen LogP contribution in [0, 0.1) is 11.8 Å². The fraction of sp³-hybridized carbons (Fsp3) is 1.00. The van der Waals surface area contributed by atoms with Crippen molar-refractivity contribution in [3.63, 3.8) is 0 Å². The van der Waals surface area contributed by atoms with E-state index in [1.807, 2.05) is 0 Å². The third kappa shape index (κ3) is 5.51. The van der Waals surface area contributed by atoms with Gasteiger partial charge < -0.3 is 5.32 Å². The van der Waals surface area contributed by atoms with Crippen LogP contribution in [-0.4, -0.2) is 44.9 Å². The van der Waals surface area contributed by atoms with Gasteiger partial charge in [0.05, 0.1) is 0 Å². The fourth-order valence-electron chi connectivity index (χ4n) is 3.29. The minimum absolute atomic E-state index is 0.500. The van der Waals surface area contributed by atoms with Gasteiger partial charge in [-0.05, 0) is 44.1 Å². The molecule has 1 saturated carbocycles. The van der Waals surface area contributed by atoms with E-state index in [2.05, 4.69) is 23.9 Å². The second-order valence-electron chi connectivity index (χ2n) is 6.91. The molecule has 6 heteroatoms. The molecule has 21 heavy (non-hydrogen) atoms. The molecule has 0 aromatic heterocycles. The van der Waals surface area contributed by atoms with E-state index in [1.165, 1.54) is 25.7 Å². The number of rotatable bonds is 7. The molecule has 2 fully saturated rings. The van der Waals surface area contributed by atoms with Crippen molar-refractivity contribution in [1.29, 1.82) is 0 Å². The second-order valence-corrected chi connectivity index (χ2v) is 8.66. The maximum atomic E-state index is 12.3. The average Bonchev–Trinajstić information content (AvgIpc) is 2.97. The summed E-state index contributed by atoms with van der Waals surface area (Å²) < 4.78 is 29.1. The Labute approximate surface area is 130 Å². The summed E-state index contributed by atoms with van der Waals surface area (Å²) in [7, 11) is -3.26. The van der Waals surface area contributed by atoms with Crippen LogP contribution in [0.2, 0.25) is 0 Å². The molecule has 1 aliphatic carbocycles. The van der Waals surface area contributed by atoms with Gasteiger partial charge in [0.1, 0.15) is 0 Å². The van der Waals surface area contributed by atoms with Crippen LogP contribution < -0.4 is 10.0 Å². The first-order valence-electron chi connectivity index (χ1n) is 8.45. The van der Waals surface area contributed by atoms with Crippen LogP contribution in [-0.2, 0) is 10.2 Å². The van der Waals surface area contributed by atoms with Crippen LogP contribution in [0.1, 0.15) is 52.4 Å². The lowest BCUT2D eigenvalue weighted by Gasteiger charge is -2.32. The molecule has 0 spiro atoms. The average molecular weight is 317 g/mol. The monoisotopic (exact) mass is 317 g/mol. The first-order valence-corrected chi connectivity index (χ1v) is 9.89.